The molecule has 1 aliphatic heterocycles. The van der Waals surface area contributed by atoms with Crippen molar-refractivity contribution in [2.24, 2.45) is 5.92 Å². The molecule has 0 aromatic heterocycles. The zero-order valence-corrected chi connectivity index (χ0v) is 12.4. The first-order valence-electron chi connectivity index (χ1n) is 7.48. The molecular formula is C16H26N2O2. The lowest BCUT2D eigenvalue weighted by Gasteiger charge is -2.27. The molecule has 1 aromatic carbocycles. The lowest BCUT2D eigenvalue weighted by Crippen LogP contribution is -2.30. The largest absolute Gasteiger partial charge is 0.493 e. The Kier molecular flexibility index (Phi) is 6.15. The summed E-state index contributed by atoms with van der Waals surface area (Å²) in [6.45, 7) is 4.83. The molecule has 20 heavy (non-hydrogen) atoms. The summed E-state index contributed by atoms with van der Waals surface area (Å²) < 4.78 is 11.1. The maximum absolute atomic E-state index is 5.72. The van der Waals surface area contributed by atoms with Gasteiger partial charge in [0.05, 0.1) is 6.61 Å². The van der Waals surface area contributed by atoms with Crippen molar-refractivity contribution in [1.82, 2.24) is 4.90 Å². The molecule has 0 spiro atoms. The fraction of sp³-hybridized carbons (Fsp3) is 0.625. The van der Waals surface area contributed by atoms with E-state index in [2.05, 4.69) is 11.9 Å². The van der Waals surface area contributed by atoms with Crippen LogP contribution < -0.4 is 10.5 Å². The van der Waals surface area contributed by atoms with Gasteiger partial charge < -0.3 is 20.1 Å². The van der Waals surface area contributed by atoms with Crippen molar-refractivity contribution in [2.45, 2.75) is 19.3 Å². The molecular weight excluding hydrogens is 252 g/mol. The maximum Gasteiger partial charge on any atom is 0.121 e. The Bertz CT molecular complexity index is 392. The highest BCUT2D eigenvalue weighted by atomic mass is 16.5. The van der Waals surface area contributed by atoms with Crippen LogP contribution in [0.2, 0.25) is 0 Å². The zero-order valence-electron chi connectivity index (χ0n) is 12.4. The number of nitrogens with two attached hydrogens (primary N) is 1. The van der Waals surface area contributed by atoms with Crippen molar-refractivity contribution in [1.29, 1.82) is 0 Å². The number of benzene rings is 1. The Morgan fingerprint density at radius 3 is 2.90 bits per heavy atom. The Morgan fingerprint density at radius 2 is 2.15 bits per heavy atom. The molecule has 1 saturated heterocycles. The standard InChI is InChI=1S/C16H26N2O2/c1-18(13-14-6-10-19-11-7-14)8-3-9-20-16-5-2-4-15(17)12-16/h2,4-5,12,14H,3,6-11,13,17H2,1H3. The van der Waals surface area contributed by atoms with Crippen molar-refractivity contribution < 1.29 is 9.47 Å². The molecule has 0 bridgehead atoms. The molecule has 4 nitrogen and oxygen atoms in total. The van der Waals surface area contributed by atoms with Crippen LogP contribution in [-0.4, -0.2) is 44.9 Å². The van der Waals surface area contributed by atoms with Crippen LogP contribution in [0, 0.1) is 5.92 Å². The second-order valence-corrected chi connectivity index (χ2v) is 5.59. The van der Waals surface area contributed by atoms with E-state index in [4.69, 9.17) is 15.2 Å². The molecule has 0 amide bonds. The molecule has 1 heterocycles. The first kappa shape index (κ1) is 15.1. The minimum absolute atomic E-state index is 0.738. The Labute approximate surface area is 121 Å². The van der Waals surface area contributed by atoms with Crippen LogP contribution in [0.25, 0.3) is 0 Å². The SMILES string of the molecule is CN(CCCOc1cccc(N)c1)CC1CCOCC1. The highest BCUT2D eigenvalue weighted by Crippen LogP contribution is 2.16. The van der Waals surface area contributed by atoms with Gasteiger partial charge in [-0.3, -0.25) is 0 Å². The molecule has 4 heteroatoms. The molecule has 1 aromatic rings. The number of nitrogen functional groups attached to an aromatic ring is 1. The van der Waals surface area contributed by atoms with Gasteiger partial charge >= 0.3 is 0 Å². The average Bonchev–Trinajstić information content (AvgIpc) is 2.45. The van der Waals surface area contributed by atoms with Gasteiger partial charge in [0.15, 0.2) is 0 Å². The van der Waals surface area contributed by atoms with Crippen molar-refractivity contribution in [2.75, 3.05) is 45.7 Å². The van der Waals surface area contributed by atoms with Crippen LogP contribution in [0.15, 0.2) is 24.3 Å². The number of hydrogen-bond donors (Lipinski definition) is 1. The molecule has 1 fully saturated rings. The fourth-order valence-electron chi connectivity index (χ4n) is 2.59. The van der Waals surface area contributed by atoms with Gasteiger partial charge in [-0.15, -0.1) is 0 Å². The van der Waals surface area contributed by atoms with Crippen LogP contribution in [-0.2, 0) is 4.74 Å². The van der Waals surface area contributed by atoms with Gasteiger partial charge in [-0.1, -0.05) is 6.07 Å². The van der Waals surface area contributed by atoms with E-state index in [-0.39, 0.29) is 0 Å². The molecule has 0 aliphatic carbocycles. The quantitative estimate of drug-likeness (QED) is 0.614. The summed E-state index contributed by atoms with van der Waals surface area (Å²) in [5.74, 6) is 1.65. The lowest BCUT2D eigenvalue weighted by atomic mass is 10.00. The second-order valence-electron chi connectivity index (χ2n) is 5.59. The van der Waals surface area contributed by atoms with Crippen LogP contribution in [0.4, 0.5) is 5.69 Å². The van der Waals surface area contributed by atoms with Crippen LogP contribution in [0.1, 0.15) is 19.3 Å². The van der Waals surface area contributed by atoms with Gasteiger partial charge in [0.25, 0.3) is 0 Å². The summed E-state index contributed by atoms with van der Waals surface area (Å²) in [7, 11) is 2.19. The Morgan fingerprint density at radius 1 is 1.35 bits per heavy atom. The number of rotatable bonds is 7. The predicted molar refractivity (Wildman–Crippen MR) is 82.0 cm³/mol. The number of anilines is 1. The summed E-state index contributed by atoms with van der Waals surface area (Å²) in [6.07, 6.45) is 3.43. The molecule has 1 aliphatic rings. The molecule has 0 saturated carbocycles. The van der Waals surface area contributed by atoms with E-state index in [0.29, 0.717) is 0 Å². The Hall–Kier alpha value is -1.26. The van der Waals surface area contributed by atoms with E-state index in [1.807, 2.05) is 24.3 Å². The Balaban J connectivity index is 1.58. The second kappa shape index (κ2) is 8.12. The number of hydrogen-bond acceptors (Lipinski definition) is 4. The van der Waals surface area contributed by atoms with E-state index in [9.17, 15) is 0 Å². The molecule has 0 unspecified atom stereocenters. The molecule has 112 valence electrons. The van der Waals surface area contributed by atoms with Crippen molar-refractivity contribution in [3.63, 3.8) is 0 Å². The summed E-state index contributed by atoms with van der Waals surface area (Å²) >= 11 is 0. The summed E-state index contributed by atoms with van der Waals surface area (Å²) in [6, 6.07) is 7.60. The smallest absolute Gasteiger partial charge is 0.121 e. The number of nitrogens with zero attached hydrogens (tertiary/aromatic N) is 1. The fourth-order valence-corrected chi connectivity index (χ4v) is 2.59. The monoisotopic (exact) mass is 278 g/mol. The highest BCUT2D eigenvalue weighted by molar-refractivity contribution is 5.43. The van der Waals surface area contributed by atoms with E-state index >= 15 is 0 Å². The topological polar surface area (TPSA) is 47.7 Å². The van der Waals surface area contributed by atoms with Gasteiger partial charge in [-0.05, 0) is 44.4 Å². The van der Waals surface area contributed by atoms with E-state index in [1.54, 1.807) is 0 Å². The molecule has 2 rings (SSSR count). The highest BCUT2D eigenvalue weighted by Gasteiger charge is 2.15. The van der Waals surface area contributed by atoms with Crippen LogP contribution in [0.5, 0.6) is 5.75 Å². The lowest BCUT2D eigenvalue weighted by molar-refractivity contribution is 0.0552. The molecule has 0 atom stereocenters. The first-order chi connectivity index (χ1) is 9.74. The summed E-state index contributed by atoms with van der Waals surface area (Å²) in [4.78, 5) is 2.40. The van der Waals surface area contributed by atoms with Crippen molar-refractivity contribution in [3.05, 3.63) is 24.3 Å². The third-order valence-electron chi connectivity index (χ3n) is 3.72. The minimum atomic E-state index is 0.738. The molecule has 2 N–H and O–H groups in total. The summed E-state index contributed by atoms with van der Waals surface area (Å²) in [5, 5.41) is 0. The van der Waals surface area contributed by atoms with Crippen LogP contribution in [0.3, 0.4) is 0 Å². The third kappa shape index (κ3) is 5.39. The van der Waals surface area contributed by atoms with Crippen molar-refractivity contribution >= 4 is 5.69 Å². The first-order valence-corrected chi connectivity index (χ1v) is 7.48. The third-order valence-corrected chi connectivity index (χ3v) is 3.72. The van der Waals surface area contributed by atoms with Crippen molar-refractivity contribution in [3.8, 4) is 5.75 Å². The van der Waals surface area contributed by atoms with E-state index in [1.165, 1.54) is 19.4 Å². The summed E-state index contributed by atoms with van der Waals surface area (Å²) in [5.41, 5.74) is 6.47. The van der Waals surface area contributed by atoms with Gasteiger partial charge in [0.1, 0.15) is 5.75 Å². The van der Waals surface area contributed by atoms with Gasteiger partial charge in [0, 0.05) is 38.1 Å². The number of ether oxygens (including phenoxy) is 2. The zero-order chi connectivity index (χ0) is 14.2. The average molecular weight is 278 g/mol. The van der Waals surface area contributed by atoms with E-state index < -0.39 is 0 Å². The van der Waals surface area contributed by atoms with Gasteiger partial charge in [-0.2, -0.15) is 0 Å². The predicted octanol–water partition coefficient (Wildman–Crippen LogP) is 2.40. The van der Waals surface area contributed by atoms with Gasteiger partial charge in [-0.25, -0.2) is 0 Å². The normalized spacial score (nSPS) is 16.5. The van der Waals surface area contributed by atoms with Gasteiger partial charge in [0.2, 0.25) is 0 Å². The minimum Gasteiger partial charge on any atom is -0.493 e. The maximum atomic E-state index is 5.72. The van der Waals surface area contributed by atoms with E-state index in [0.717, 1.165) is 50.1 Å². The van der Waals surface area contributed by atoms with Crippen LogP contribution >= 0.6 is 0 Å². The molecule has 0 radical (unpaired) electrons.